The summed E-state index contributed by atoms with van der Waals surface area (Å²) in [6, 6.07) is 3.70. The van der Waals surface area contributed by atoms with Gasteiger partial charge in [-0.3, -0.25) is 9.69 Å². The molecule has 0 aliphatic carbocycles. The number of piperazine rings is 1. The summed E-state index contributed by atoms with van der Waals surface area (Å²) >= 11 is 1.13. The minimum Gasteiger partial charge on any atom is -0.312 e. The number of aromatic amines is 1. The first kappa shape index (κ1) is 15.3. The highest BCUT2D eigenvalue weighted by Crippen LogP contribution is 2.26. The molecule has 1 saturated heterocycles. The number of nitrogens with one attached hydrogen (secondary N) is 1. The number of benzene rings is 1. The van der Waals surface area contributed by atoms with E-state index in [-0.39, 0.29) is 4.87 Å². The van der Waals surface area contributed by atoms with Crippen LogP contribution in [0.1, 0.15) is 4.88 Å². The van der Waals surface area contributed by atoms with E-state index in [0.29, 0.717) is 17.8 Å². The summed E-state index contributed by atoms with van der Waals surface area (Å²) in [5.41, 5.74) is 1.09. The fourth-order valence-electron chi connectivity index (χ4n) is 2.57. The van der Waals surface area contributed by atoms with Crippen LogP contribution in [-0.4, -0.2) is 48.0 Å². The quantitative estimate of drug-likeness (QED) is 0.940. The van der Waals surface area contributed by atoms with E-state index in [4.69, 9.17) is 0 Å². The molecule has 118 valence electrons. The van der Waals surface area contributed by atoms with Crippen molar-refractivity contribution in [3.63, 3.8) is 0 Å². The van der Waals surface area contributed by atoms with Crippen molar-refractivity contribution in [1.82, 2.24) is 14.8 Å². The molecule has 0 spiro atoms. The molecule has 0 unspecified atom stereocenters. The molecule has 2 heterocycles. The van der Waals surface area contributed by atoms with Crippen molar-refractivity contribution >= 4 is 11.3 Å². The lowest BCUT2D eigenvalue weighted by molar-refractivity contribution is 0.149. The largest absolute Gasteiger partial charge is 0.312 e. The molecule has 1 aliphatic heterocycles. The molecule has 1 aromatic carbocycles. The van der Waals surface area contributed by atoms with Crippen LogP contribution in [0.15, 0.2) is 23.0 Å². The van der Waals surface area contributed by atoms with Crippen LogP contribution in [-0.2, 0) is 6.54 Å². The summed E-state index contributed by atoms with van der Waals surface area (Å²) in [6.45, 7) is 4.48. The summed E-state index contributed by atoms with van der Waals surface area (Å²) in [6.07, 6.45) is 0. The highest BCUT2D eigenvalue weighted by molar-refractivity contribution is 7.09. The number of H-pyrrole nitrogens is 1. The van der Waals surface area contributed by atoms with Crippen LogP contribution in [0, 0.1) is 11.6 Å². The standard InChI is InChI=1S/C15H17F2N3OS/c1-19-4-6-20(7-5-19)9-13-14(18-15(21)22-13)10-2-3-11(16)12(17)8-10/h2-3,8H,4-7,9H2,1H3,(H,18,21). The van der Waals surface area contributed by atoms with Gasteiger partial charge >= 0.3 is 4.87 Å². The summed E-state index contributed by atoms with van der Waals surface area (Å²) in [4.78, 5) is 19.6. The van der Waals surface area contributed by atoms with Gasteiger partial charge in [0.25, 0.3) is 0 Å². The van der Waals surface area contributed by atoms with Crippen molar-refractivity contribution in [2.45, 2.75) is 6.54 Å². The number of hydrogen-bond donors (Lipinski definition) is 1. The third kappa shape index (κ3) is 3.26. The molecule has 1 aliphatic rings. The molecule has 0 atom stereocenters. The molecule has 0 radical (unpaired) electrons. The fourth-order valence-corrected chi connectivity index (χ4v) is 3.46. The second-order valence-electron chi connectivity index (χ2n) is 5.52. The highest BCUT2D eigenvalue weighted by Gasteiger charge is 2.18. The van der Waals surface area contributed by atoms with Gasteiger partial charge < -0.3 is 9.88 Å². The van der Waals surface area contributed by atoms with Crippen molar-refractivity contribution in [2.75, 3.05) is 33.2 Å². The van der Waals surface area contributed by atoms with Gasteiger partial charge in [-0.25, -0.2) is 8.78 Å². The van der Waals surface area contributed by atoms with Gasteiger partial charge in [0.1, 0.15) is 0 Å². The fraction of sp³-hybridized carbons (Fsp3) is 0.400. The molecule has 1 N–H and O–H groups in total. The number of thiazole rings is 1. The van der Waals surface area contributed by atoms with Crippen molar-refractivity contribution in [2.24, 2.45) is 0 Å². The number of nitrogens with zero attached hydrogens (tertiary/aromatic N) is 2. The van der Waals surface area contributed by atoms with Gasteiger partial charge in [-0.1, -0.05) is 11.3 Å². The lowest BCUT2D eigenvalue weighted by Crippen LogP contribution is -2.43. The first-order valence-corrected chi connectivity index (χ1v) is 7.93. The summed E-state index contributed by atoms with van der Waals surface area (Å²) in [5, 5.41) is 0. The maximum atomic E-state index is 13.4. The molecular weight excluding hydrogens is 308 g/mol. The van der Waals surface area contributed by atoms with E-state index in [0.717, 1.165) is 54.5 Å². The number of likely N-dealkylation sites (N-methyl/N-ethyl adjacent to an activating group) is 1. The van der Waals surface area contributed by atoms with E-state index in [1.54, 1.807) is 0 Å². The Hall–Kier alpha value is -1.57. The molecular formula is C15H17F2N3OS. The van der Waals surface area contributed by atoms with Crippen molar-refractivity contribution < 1.29 is 8.78 Å². The third-order valence-corrected chi connectivity index (χ3v) is 4.76. The van der Waals surface area contributed by atoms with Crippen molar-refractivity contribution in [3.8, 4) is 11.3 Å². The van der Waals surface area contributed by atoms with E-state index in [2.05, 4.69) is 21.8 Å². The number of rotatable bonds is 3. The van der Waals surface area contributed by atoms with E-state index in [1.807, 2.05) is 0 Å². The van der Waals surface area contributed by atoms with Gasteiger partial charge in [-0.2, -0.15) is 0 Å². The predicted octanol–water partition coefficient (Wildman–Crippen LogP) is 2.13. The minimum absolute atomic E-state index is 0.177. The number of hydrogen-bond acceptors (Lipinski definition) is 4. The van der Waals surface area contributed by atoms with Gasteiger partial charge in [0.05, 0.1) is 5.69 Å². The Morgan fingerprint density at radius 2 is 1.91 bits per heavy atom. The van der Waals surface area contributed by atoms with E-state index in [1.165, 1.54) is 6.07 Å². The Balaban J connectivity index is 1.86. The molecule has 3 rings (SSSR count). The van der Waals surface area contributed by atoms with Crippen LogP contribution in [0.4, 0.5) is 8.78 Å². The summed E-state index contributed by atoms with van der Waals surface area (Å²) in [5.74, 6) is -1.79. The van der Waals surface area contributed by atoms with Crippen LogP contribution in [0.25, 0.3) is 11.3 Å². The predicted molar refractivity (Wildman–Crippen MR) is 83.1 cm³/mol. The van der Waals surface area contributed by atoms with Gasteiger partial charge in [0, 0.05) is 43.2 Å². The minimum atomic E-state index is -0.907. The second-order valence-corrected chi connectivity index (χ2v) is 6.59. The van der Waals surface area contributed by atoms with Gasteiger partial charge in [0.2, 0.25) is 0 Å². The zero-order valence-electron chi connectivity index (χ0n) is 12.2. The number of aromatic nitrogens is 1. The third-order valence-electron chi connectivity index (χ3n) is 3.89. The average Bonchev–Trinajstić information content (AvgIpc) is 2.85. The van der Waals surface area contributed by atoms with Crippen molar-refractivity contribution in [1.29, 1.82) is 0 Å². The monoisotopic (exact) mass is 325 g/mol. The molecule has 7 heteroatoms. The zero-order chi connectivity index (χ0) is 15.7. The number of halogens is 2. The Kier molecular flexibility index (Phi) is 4.37. The van der Waals surface area contributed by atoms with E-state index < -0.39 is 11.6 Å². The first-order valence-electron chi connectivity index (χ1n) is 7.11. The lowest BCUT2D eigenvalue weighted by atomic mass is 10.1. The van der Waals surface area contributed by atoms with Crippen LogP contribution >= 0.6 is 11.3 Å². The summed E-state index contributed by atoms with van der Waals surface area (Å²) in [7, 11) is 2.08. The smallest absolute Gasteiger partial charge is 0.305 e. The Labute approximate surface area is 131 Å². The topological polar surface area (TPSA) is 39.3 Å². The average molecular weight is 325 g/mol. The maximum Gasteiger partial charge on any atom is 0.305 e. The molecule has 2 aromatic rings. The first-order chi connectivity index (χ1) is 10.5. The van der Waals surface area contributed by atoms with Crippen LogP contribution in [0.5, 0.6) is 0 Å². The Bertz CT molecular complexity index is 720. The highest BCUT2D eigenvalue weighted by atomic mass is 32.1. The Morgan fingerprint density at radius 1 is 1.18 bits per heavy atom. The molecule has 0 amide bonds. The molecule has 22 heavy (non-hydrogen) atoms. The zero-order valence-corrected chi connectivity index (χ0v) is 13.1. The van der Waals surface area contributed by atoms with Crippen molar-refractivity contribution in [3.05, 3.63) is 44.4 Å². The Morgan fingerprint density at radius 3 is 2.59 bits per heavy atom. The molecule has 0 bridgehead atoms. The van der Waals surface area contributed by atoms with Crippen LogP contribution < -0.4 is 4.87 Å². The lowest BCUT2D eigenvalue weighted by Gasteiger charge is -2.32. The van der Waals surface area contributed by atoms with Crippen LogP contribution in [0.3, 0.4) is 0 Å². The molecule has 4 nitrogen and oxygen atoms in total. The van der Waals surface area contributed by atoms with Crippen LogP contribution in [0.2, 0.25) is 0 Å². The molecule has 0 saturated carbocycles. The second kappa shape index (κ2) is 6.28. The summed E-state index contributed by atoms with van der Waals surface area (Å²) < 4.78 is 26.5. The molecule has 1 fully saturated rings. The van der Waals surface area contributed by atoms with E-state index >= 15 is 0 Å². The van der Waals surface area contributed by atoms with Gasteiger partial charge in [0.15, 0.2) is 11.6 Å². The normalized spacial score (nSPS) is 17.0. The SMILES string of the molecule is CN1CCN(Cc2sc(=O)[nH]c2-c2ccc(F)c(F)c2)CC1. The maximum absolute atomic E-state index is 13.4. The van der Waals surface area contributed by atoms with E-state index in [9.17, 15) is 13.6 Å². The van der Waals surface area contributed by atoms with Gasteiger partial charge in [-0.15, -0.1) is 0 Å². The molecule has 1 aromatic heterocycles. The van der Waals surface area contributed by atoms with Gasteiger partial charge in [-0.05, 0) is 25.2 Å².